The van der Waals surface area contributed by atoms with Crippen LogP contribution in [0.2, 0.25) is 0 Å². The summed E-state index contributed by atoms with van der Waals surface area (Å²) in [5.41, 5.74) is 7.38. The van der Waals surface area contributed by atoms with Crippen molar-refractivity contribution < 1.29 is 19.0 Å². The number of nitrogens with one attached hydrogen (secondary N) is 1. The zero-order valence-electron chi connectivity index (χ0n) is 14.4. The van der Waals surface area contributed by atoms with E-state index < -0.39 is 0 Å². The normalized spacial score (nSPS) is 16.1. The second-order valence-electron chi connectivity index (χ2n) is 5.75. The van der Waals surface area contributed by atoms with Crippen LogP contribution in [0.15, 0.2) is 12.1 Å². The highest BCUT2D eigenvalue weighted by Crippen LogP contribution is 2.35. The van der Waals surface area contributed by atoms with Crippen LogP contribution in [0.3, 0.4) is 0 Å². The largest absolute Gasteiger partial charge is 0.496 e. The van der Waals surface area contributed by atoms with Crippen molar-refractivity contribution in [3.63, 3.8) is 0 Å². The first kappa shape index (κ1) is 17.5. The molecule has 0 unspecified atom stereocenters. The number of aromatic nitrogens is 1. The Morgan fingerprint density at radius 1 is 1.20 bits per heavy atom. The first-order valence-corrected chi connectivity index (χ1v) is 8.72. The van der Waals surface area contributed by atoms with E-state index >= 15 is 0 Å². The predicted molar refractivity (Wildman–Crippen MR) is 96.2 cm³/mol. The quantitative estimate of drug-likeness (QED) is 0.846. The lowest BCUT2D eigenvalue weighted by Gasteiger charge is -2.15. The van der Waals surface area contributed by atoms with Gasteiger partial charge in [-0.15, -0.1) is 11.3 Å². The fourth-order valence-electron chi connectivity index (χ4n) is 2.83. The lowest BCUT2D eigenvalue weighted by atomic mass is 9.99. The van der Waals surface area contributed by atoms with E-state index in [0.717, 1.165) is 29.8 Å². The Bertz CT molecular complexity index is 790. The molecule has 134 valence electrons. The van der Waals surface area contributed by atoms with Gasteiger partial charge in [-0.25, -0.2) is 4.98 Å². The Morgan fingerprint density at radius 2 is 1.88 bits per heavy atom. The van der Waals surface area contributed by atoms with Crippen LogP contribution in [0, 0.1) is 0 Å². The fourth-order valence-corrected chi connectivity index (χ4v) is 3.92. The third kappa shape index (κ3) is 3.54. The molecule has 7 nitrogen and oxygen atoms in total. The van der Waals surface area contributed by atoms with E-state index in [4.69, 9.17) is 19.9 Å². The maximum absolute atomic E-state index is 12.7. The van der Waals surface area contributed by atoms with Gasteiger partial charge in [0.2, 0.25) is 0 Å². The van der Waals surface area contributed by atoms with Crippen molar-refractivity contribution >= 4 is 22.4 Å². The lowest BCUT2D eigenvalue weighted by Crippen LogP contribution is -2.27. The number of amides is 1. The van der Waals surface area contributed by atoms with Crippen molar-refractivity contribution in [3.05, 3.63) is 28.3 Å². The molecule has 1 aromatic heterocycles. The number of hydrogen-bond donors (Lipinski definition) is 2. The average Bonchev–Trinajstić information content (AvgIpc) is 3.01. The molecule has 1 aliphatic rings. The molecule has 0 saturated carbocycles. The summed E-state index contributed by atoms with van der Waals surface area (Å²) in [5, 5.41) is 3.42. The Morgan fingerprint density at radius 3 is 2.56 bits per heavy atom. The lowest BCUT2D eigenvalue weighted by molar-refractivity contribution is 0.102. The van der Waals surface area contributed by atoms with Crippen LogP contribution in [-0.2, 0) is 12.8 Å². The zero-order chi connectivity index (χ0) is 18.0. The number of carbonyl (C=O) groups is 1. The second kappa shape index (κ2) is 7.28. The van der Waals surface area contributed by atoms with Crippen LogP contribution in [0.5, 0.6) is 17.2 Å². The van der Waals surface area contributed by atoms with E-state index in [9.17, 15) is 4.79 Å². The van der Waals surface area contributed by atoms with Gasteiger partial charge in [0.1, 0.15) is 5.75 Å². The van der Waals surface area contributed by atoms with Crippen molar-refractivity contribution in [1.82, 2.24) is 4.98 Å². The molecule has 0 spiro atoms. The number of carbonyl (C=O) groups excluding carboxylic acids is 1. The van der Waals surface area contributed by atoms with Gasteiger partial charge in [-0.05, 0) is 19.3 Å². The van der Waals surface area contributed by atoms with Gasteiger partial charge in [-0.3, -0.25) is 10.1 Å². The highest BCUT2D eigenvalue weighted by molar-refractivity contribution is 7.15. The predicted octanol–water partition coefficient (Wildman–Crippen LogP) is 2.24. The summed E-state index contributed by atoms with van der Waals surface area (Å²) in [6.45, 7) is 0. The number of aryl methyl sites for hydroxylation is 1. The number of thiazole rings is 1. The highest BCUT2D eigenvalue weighted by Gasteiger charge is 2.23. The standard InChI is InChI=1S/C17H21N3O4S/c1-22-12-8-14(24-3)13(23-2)7-10(12)16(21)20-17-19-11-5-4-9(18)6-15(11)25-17/h7-9H,4-6,18H2,1-3H3,(H,19,20,21)/t9-/m0/s1. The number of rotatable bonds is 5. The summed E-state index contributed by atoms with van der Waals surface area (Å²) in [6.07, 6.45) is 2.58. The van der Waals surface area contributed by atoms with Crippen molar-refractivity contribution in [2.45, 2.75) is 25.3 Å². The molecule has 1 amide bonds. The van der Waals surface area contributed by atoms with Crippen LogP contribution < -0.4 is 25.3 Å². The minimum absolute atomic E-state index is 0.169. The molecule has 1 aromatic carbocycles. The summed E-state index contributed by atoms with van der Waals surface area (Å²) in [5.74, 6) is 1.04. The molecule has 1 atom stereocenters. The van der Waals surface area contributed by atoms with Crippen LogP contribution in [0.25, 0.3) is 0 Å². The van der Waals surface area contributed by atoms with Gasteiger partial charge in [-0.1, -0.05) is 0 Å². The van der Waals surface area contributed by atoms with Gasteiger partial charge in [-0.2, -0.15) is 0 Å². The molecule has 0 radical (unpaired) electrons. The number of nitrogens with zero attached hydrogens (tertiary/aromatic N) is 1. The Balaban J connectivity index is 1.86. The first-order valence-electron chi connectivity index (χ1n) is 7.91. The molecule has 0 aliphatic heterocycles. The highest BCUT2D eigenvalue weighted by atomic mass is 32.1. The van der Waals surface area contributed by atoms with E-state index in [1.165, 1.54) is 32.7 Å². The molecule has 3 N–H and O–H groups in total. The Hall–Kier alpha value is -2.32. The van der Waals surface area contributed by atoms with Crippen molar-refractivity contribution in [2.75, 3.05) is 26.6 Å². The monoisotopic (exact) mass is 363 g/mol. The molecule has 0 bridgehead atoms. The van der Waals surface area contributed by atoms with Crippen molar-refractivity contribution in [3.8, 4) is 17.2 Å². The van der Waals surface area contributed by atoms with E-state index in [-0.39, 0.29) is 11.9 Å². The van der Waals surface area contributed by atoms with Crippen LogP contribution in [-0.4, -0.2) is 38.3 Å². The third-order valence-corrected chi connectivity index (χ3v) is 5.18. The number of fused-ring (bicyclic) bond motifs is 1. The third-order valence-electron chi connectivity index (χ3n) is 4.15. The zero-order valence-corrected chi connectivity index (χ0v) is 15.2. The van der Waals surface area contributed by atoms with Crippen LogP contribution >= 0.6 is 11.3 Å². The summed E-state index contributed by atoms with van der Waals surface area (Å²) in [4.78, 5) is 18.4. The van der Waals surface area contributed by atoms with Gasteiger partial charge in [0.15, 0.2) is 16.6 Å². The van der Waals surface area contributed by atoms with Gasteiger partial charge >= 0.3 is 0 Å². The van der Waals surface area contributed by atoms with Crippen molar-refractivity contribution in [1.29, 1.82) is 0 Å². The van der Waals surface area contributed by atoms with Gasteiger partial charge < -0.3 is 19.9 Å². The molecular weight excluding hydrogens is 342 g/mol. The maximum atomic E-state index is 12.7. The van der Waals surface area contributed by atoms with E-state index in [1.54, 1.807) is 12.1 Å². The van der Waals surface area contributed by atoms with Crippen LogP contribution in [0.4, 0.5) is 5.13 Å². The molecule has 1 aliphatic carbocycles. The van der Waals surface area contributed by atoms with E-state index in [2.05, 4.69) is 10.3 Å². The molecule has 0 saturated heterocycles. The average molecular weight is 363 g/mol. The number of anilines is 1. The molecule has 1 heterocycles. The number of nitrogens with two attached hydrogens (primary N) is 1. The molecule has 2 aromatic rings. The maximum Gasteiger partial charge on any atom is 0.261 e. The minimum Gasteiger partial charge on any atom is -0.496 e. The molecule has 3 rings (SSSR count). The van der Waals surface area contributed by atoms with Crippen LogP contribution in [0.1, 0.15) is 27.3 Å². The number of ether oxygens (including phenoxy) is 3. The molecule has 8 heteroatoms. The fraction of sp³-hybridized carbons (Fsp3) is 0.412. The molecule has 25 heavy (non-hydrogen) atoms. The number of hydrogen-bond acceptors (Lipinski definition) is 7. The number of methoxy groups -OCH3 is 3. The summed E-state index contributed by atoms with van der Waals surface area (Å²) in [7, 11) is 4.55. The minimum atomic E-state index is -0.312. The summed E-state index contributed by atoms with van der Waals surface area (Å²) in [6, 6.07) is 3.39. The first-order chi connectivity index (χ1) is 12.0. The van der Waals surface area contributed by atoms with E-state index in [1.807, 2.05) is 0 Å². The summed E-state index contributed by atoms with van der Waals surface area (Å²) < 4.78 is 15.8. The molecular formula is C17H21N3O4S. The smallest absolute Gasteiger partial charge is 0.261 e. The summed E-state index contributed by atoms with van der Waals surface area (Å²) >= 11 is 1.47. The Labute approximate surface area is 150 Å². The van der Waals surface area contributed by atoms with Crippen molar-refractivity contribution in [2.24, 2.45) is 5.73 Å². The van der Waals surface area contributed by atoms with E-state index in [0.29, 0.717) is 27.9 Å². The van der Waals surface area contributed by atoms with Gasteiger partial charge in [0, 0.05) is 23.1 Å². The van der Waals surface area contributed by atoms with Gasteiger partial charge in [0.25, 0.3) is 5.91 Å². The SMILES string of the molecule is COc1cc(OC)c(C(=O)Nc2nc3c(s2)C[C@@H](N)CC3)cc1OC. The van der Waals surface area contributed by atoms with Gasteiger partial charge in [0.05, 0.1) is 32.6 Å². The number of benzene rings is 1. The topological polar surface area (TPSA) is 95.7 Å². The molecule has 0 fully saturated rings. The Kier molecular flexibility index (Phi) is 5.10. The second-order valence-corrected chi connectivity index (χ2v) is 6.84.